The zero-order valence-electron chi connectivity index (χ0n) is 22.1. The highest BCUT2D eigenvalue weighted by atomic mass is 32.2. The molecular weight excluding hydrogens is 556 g/mol. The first-order chi connectivity index (χ1) is 19.6. The molecule has 0 bridgehead atoms. The van der Waals surface area contributed by atoms with Gasteiger partial charge in [0.05, 0.1) is 31.5 Å². The molecule has 0 saturated heterocycles. The number of aromatic hydroxyl groups is 1. The molecule has 1 aliphatic heterocycles. The molecule has 2 atom stereocenters. The number of ether oxygens (including phenoxy) is 3. The molecule has 1 heterocycles. The SMILES string of the molecule is NS(=O)(=O)OC(=O)c1cccc(COC[C@@H]2COc3ccc(CCNC[C@H](O)c4ccc(O)c(CO)c4)cc3O2)c1. The van der Waals surface area contributed by atoms with Crippen molar-refractivity contribution >= 4 is 16.3 Å². The number of aliphatic hydroxyl groups is 2. The Labute approximate surface area is 237 Å². The molecule has 1 aliphatic rings. The smallest absolute Gasteiger partial charge is 0.382 e. The lowest BCUT2D eigenvalue weighted by molar-refractivity contribution is 0.00265. The van der Waals surface area contributed by atoms with Crippen molar-refractivity contribution in [3.05, 3.63) is 88.5 Å². The Bertz CT molecular complexity index is 1460. The van der Waals surface area contributed by atoms with Gasteiger partial charge < -0.3 is 39.0 Å². The molecule has 3 aromatic carbocycles. The summed E-state index contributed by atoms with van der Waals surface area (Å²) in [4.78, 5) is 11.9. The minimum absolute atomic E-state index is 0.0120. The summed E-state index contributed by atoms with van der Waals surface area (Å²) >= 11 is 0. The average Bonchev–Trinajstić information content (AvgIpc) is 2.94. The Balaban J connectivity index is 1.22. The van der Waals surface area contributed by atoms with Crippen LogP contribution in [0.4, 0.5) is 0 Å². The summed E-state index contributed by atoms with van der Waals surface area (Å²) in [7, 11) is -4.41. The maximum atomic E-state index is 11.9. The molecule has 0 radical (unpaired) electrons. The van der Waals surface area contributed by atoms with Gasteiger partial charge in [0, 0.05) is 12.1 Å². The van der Waals surface area contributed by atoms with Gasteiger partial charge >= 0.3 is 16.3 Å². The first-order valence-electron chi connectivity index (χ1n) is 12.8. The second-order valence-electron chi connectivity index (χ2n) is 9.43. The van der Waals surface area contributed by atoms with Gasteiger partial charge in [-0.2, -0.15) is 13.6 Å². The summed E-state index contributed by atoms with van der Waals surface area (Å²) in [6, 6.07) is 16.5. The molecule has 4 rings (SSSR count). The fourth-order valence-corrected chi connectivity index (χ4v) is 4.48. The maximum absolute atomic E-state index is 11.9. The number of fused-ring (bicyclic) bond motifs is 1. The first-order valence-corrected chi connectivity index (χ1v) is 14.3. The van der Waals surface area contributed by atoms with Crippen molar-refractivity contribution in [3.8, 4) is 17.2 Å². The Morgan fingerprint density at radius 2 is 1.93 bits per heavy atom. The van der Waals surface area contributed by atoms with Crippen molar-refractivity contribution < 1.29 is 46.9 Å². The van der Waals surface area contributed by atoms with Gasteiger partial charge in [-0.15, -0.1) is 0 Å². The van der Waals surface area contributed by atoms with Crippen LogP contribution < -0.4 is 19.9 Å². The Morgan fingerprint density at radius 3 is 2.71 bits per heavy atom. The Morgan fingerprint density at radius 1 is 1.10 bits per heavy atom. The van der Waals surface area contributed by atoms with Crippen LogP contribution in [0.1, 0.15) is 38.7 Å². The average molecular weight is 589 g/mol. The van der Waals surface area contributed by atoms with E-state index in [9.17, 15) is 28.5 Å². The Kier molecular flexibility index (Phi) is 10.2. The van der Waals surface area contributed by atoms with Gasteiger partial charge in [0.25, 0.3) is 0 Å². The summed E-state index contributed by atoms with van der Waals surface area (Å²) in [6.45, 7) is 1.24. The van der Waals surface area contributed by atoms with Gasteiger partial charge in [0.1, 0.15) is 12.4 Å². The van der Waals surface area contributed by atoms with Gasteiger partial charge in [-0.1, -0.05) is 24.3 Å². The van der Waals surface area contributed by atoms with E-state index >= 15 is 0 Å². The number of aliphatic hydroxyl groups excluding tert-OH is 2. The predicted molar refractivity (Wildman–Crippen MR) is 147 cm³/mol. The highest BCUT2D eigenvalue weighted by molar-refractivity contribution is 7.84. The minimum Gasteiger partial charge on any atom is -0.508 e. The number of nitrogens with one attached hydrogen (secondary N) is 1. The molecule has 6 N–H and O–H groups in total. The minimum atomic E-state index is -4.41. The van der Waals surface area contributed by atoms with Crippen LogP contribution in [-0.4, -0.2) is 62.1 Å². The van der Waals surface area contributed by atoms with Gasteiger partial charge in [-0.25, -0.2) is 4.79 Å². The van der Waals surface area contributed by atoms with Crippen molar-refractivity contribution in [1.29, 1.82) is 0 Å². The Hall–Kier alpha value is -3.72. The topological polar surface area (TPSA) is 187 Å². The van der Waals surface area contributed by atoms with Crippen LogP contribution in [0.3, 0.4) is 0 Å². The highest BCUT2D eigenvalue weighted by Crippen LogP contribution is 2.33. The standard InChI is InChI=1S/C28H32N2O10S/c29-41(35,36)40-28(34)21-3-1-2-19(10-21)15-37-16-23-17-38-26-7-4-18(11-27(26)39-23)8-9-30-13-25(33)20-5-6-24(32)22(12-20)14-31/h1-7,10-12,23,25,30-33H,8-9,13-17H2,(H2,29,35,36)/t23-,25+/m1/s1. The molecule has 0 amide bonds. The van der Waals surface area contributed by atoms with E-state index in [1.807, 2.05) is 18.2 Å². The highest BCUT2D eigenvalue weighted by Gasteiger charge is 2.22. The van der Waals surface area contributed by atoms with Crippen molar-refractivity contribution in [2.75, 3.05) is 26.3 Å². The van der Waals surface area contributed by atoms with E-state index in [1.54, 1.807) is 24.3 Å². The molecule has 220 valence electrons. The summed E-state index contributed by atoms with van der Waals surface area (Å²) in [6.07, 6.45) is -0.484. The van der Waals surface area contributed by atoms with Gasteiger partial charge in [0.15, 0.2) is 17.6 Å². The van der Waals surface area contributed by atoms with Crippen molar-refractivity contribution in [3.63, 3.8) is 0 Å². The molecule has 0 spiro atoms. The number of hydrogen-bond acceptors (Lipinski definition) is 11. The summed E-state index contributed by atoms with van der Waals surface area (Å²) < 4.78 is 43.8. The molecular formula is C28H32N2O10S. The normalized spacial score (nSPS) is 15.3. The molecule has 41 heavy (non-hydrogen) atoms. The van der Waals surface area contributed by atoms with E-state index in [-0.39, 0.29) is 37.2 Å². The summed E-state index contributed by atoms with van der Waals surface area (Å²) in [5.74, 6) is 0.130. The van der Waals surface area contributed by atoms with E-state index in [2.05, 4.69) is 9.50 Å². The van der Waals surface area contributed by atoms with Crippen molar-refractivity contribution in [1.82, 2.24) is 5.32 Å². The van der Waals surface area contributed by atoms with Crippen LogP contribution in [0.5, 0.6) is 17.2 Å². The van der Waals surface area contributed by atoms with Crippen molar-refractivity contribution in [2.24, 2.45) is 5.14 Å². The van der Waals surface area contributed by atoms with Gasteiger partial charge in [0.2, 0.25) is 0 Å². The number of benzene rings is 3. The number of carbonyl (C=O) groups excluding carboxylic acids is 1. The van der Waals surface area contributed by atoms with Crippen LogP contribution in [0, 0.1) is 0 Å². The second kappa shape index (κ2) is 13.8. The lowest BCUT2D eigenvalue weighted by atomic mass is 10.1. The molecule has 0 unspecified atom stereocenters. The predicted octanol–water partition coefficient (Wildman–Crippen LogP) is 1.47. The number of hydrogen-bond donors (Lipinski definition) is 5. The third kappa shape index (κ3) is 8.88. The van der Waals surface area contributed by atoms with Gasteiger partial charge in [-0.05, 0) is 66.1 Å². The molecule has 0 aromatic heterocycles. The molecule has 3 aromatic rings. The third-order valence-electron chi connectivity index (χ3n) is 6.24. The molecule has 12 nitrogen and oxygen atoms in total. The van der Waals surface area contributed by atoms with Gasteiger partial charge in [-0.3, -0.25) is 0 Å². The maximum Gasteiger partial charge on any atom is 0.382 e. The molecule has 0 saturated carbocycles. The quantitative estimate of drug-likeness (QED) is 0.182. The number of nitrogens with two attached hydrogens (primary N) is 1. The summed E-state index contributed by atoms with van der Waals surface area (Å²) in [5.41, 5.74) is 2.62. The summed E-state index contributed by atoms with van der Waals surface area (Å²) in [5, 5.41) is 37.3. The zero-order chi connectivity index (χ0) is 29.4. The monoisotopic (exact) mass is 588 g/mol. The van der Waals surface area contributed by atoms with Crippen LogP contribution in [-0.2, 0) is 38.9 Å². The zero-order valence-corrected chi connectivity index (χ0v) is 22.9. The third-order valence-corrected chi connectivity index (χ3v) is 6.62. The van der Waals surface area contributed by atoms with Crippen molar-refractivity contribution in [2.45, 2.75) is 31.8 Å². The van der Waals surface area contributed by atoms with E-state index < -0.39 is 22.4 Å². The molecule has 13 heteroatoms. The van der Waals surface area contributed by atoms with E-state index in [1.165, 1.54) is 18.2 Å². The lowest BCUT2D eigenvalue weighted by Gasteiger charge is -2.27. The van der Waals surface area contributed by atoms with Crippen LogP contribution in [0.15, 0.2) is 60.7 Å². The first kappa shape index (κ1) is 30.2. The largest absolute Gasteiger partial charge is 0.508 e. The fourth-order valence-electron chi connectivity index (χ4n) is 4.18. The van der Waals surface area contributed by atoms with Crippen LogP contribution in [0.25, 0.3) is 0 Å². The van der Waals surface area contributed by atoms with Crippen LogP contribution >= 0.6 is 0 Å². The number of rotatable bonds is 13. The molecule has 0 fully saturated rings. The van der Waals surface area contributed by atoms with E-state index in [0.717, 1.165) is 5.56 Å². The lowest BCUT2D eigenvalue weighted by Crippen LogP contribution is -2.33. The van der Waals surface area contributed by atoms with E-state index in [0.29, 0.717) is 54.3 Å². The van der Waals surface area contributed by atoms with E-state index in [4.69, 9.17) is 19.3 Å². The number of carbonyl (C=O) groups is 1. The fraction of sp³-hybridized carbons (Fsp3) is 0.321. The molecule has 0 aliphatic carbocycles. The second-order valence-corrected chi connectivity index (χ2v) is 10.6. The van der Waals surface area contributed by atoms with Crippen LogP contribution in [0.2, 0.25) is 0 Å². The number of phenols is 1.